The highest BCUT2D eigenvalue weighted by atomic mass is 35.5. The van der Waals surface area contributed by atoms with Crippen LogP contribution in [0.5, 0.6) is 0 Å². The minimum Gasteiger partial charge on any atom is -0.373 e. The number of anilines is 1. The summed E-state index contributed by atoms with van der Waals surface area (Å²) in [7, 11) is 0. The molecule has 4 aromatic carbocycles. The van der Waals surface area contributed by atoms with Crippen LogP contribution >= 0.6 is 11.6 Å². The van der Waals surface area contributed by atoms with Crippen LogP contribution in [0.25, 0.3) is 27.2 Å². The van der Waals surface area contributed by atoms with Gasteiger partial charge in [0.1, 0.15) is 5.82 Å². The van der Waals surface area contributed by atoms with E-state index in [1.54, 1.807) is 12.1 Å². The average Bonchev–Trinajstić information content (AvgIpc) is 3.27. The minimum atomic E-state index is -0.326. The smallest absolute Gasteiger partial charge is 0.162 e. The van der Waals surface area contributed by atoms with Crippen molar-refractivity contribution >= 4 is 50.3 Å². The van der Waals surface area contributed by atoms with E-state index >= 15 is 0 Å². The van der Waals surface area contributed by atoms with Gasteiger partial charge in [-0.25, -0.2) is 4.39 Å². The first-order valence-electron chi connectivity index (χ1n) is 13.4. The first-order chi connectivity index (χ1) is 18.8. The van der Waals surface area contributed by atoms with E-state index in [0.717, 1.165) is 56.1 Å². The van der Waals surface area contributed by atoms with Crippen LogP contribution in [0.15, 0.2) is 90.6 Å². The summed E-state index contributed by atoms with van der Waals surface area (Å²) in [5, 5.41) is 7.53. The zero-order chi connectivity index (χ0) is 26.9. The monoisotopic (exact) mass is 534 g/mol. The second-order valence-corrected chi connectivity index (χ2v) is 12.0. The largest absolute Gasteiger partial charge is 0.373 e. The first kappa shape index (κ1) is 24.2. The number of aromatic nitrogens is 1. The summed E-state index contributed by atoms with van der Waals surface area (Å²) in [6.07, 6.45) is 3.40. The van der Waals surface area contributed by atoms with Gasteiger partial charge in [0.2, 0.25) is 0 Å². The standard InChI is InChI=1S/C34H28ClFN2O/c1-34(2)16-23-31-21-9-4-3-8-20(21)14-15-28(31)37-33(32(23)30(39)17-34)24-18-38(29-13-6-5-10-22(24)29)19-25-26(35)11-7-12-27(25)36/h3-15,18,33,37H,16-17,19H2,1-2H3/t33-/m0/s1. The highest BCUT2D eigenvalue weighted by molar-refractivity contribution is 6.31. The van der Waals surface area contributed by atoms with E-state index in [1.807, 2.05) is 22.8 Å². The summed E-state index contributed by atoms with van der Waals surface area (Å²) in [6, 6.07) is 25.3. The van der Waals surface area contributed by atoms with E-state index in [1.165, 1.54) is 6.07 Å². The minimum absolute atomic E-state index is 0.123. The molecule has 39 heavy (non-hydrogen) atoms. The maximum Gasteiger partial charge on any atom is 0.162 e. The predicted octanol–water partition coefficient (Wildman–Crippen LogP) is 8.94. The Labute approximate surface area is 231 Å². The molecule has 7 rings (SSSR count). The van der Waals surface area contributed by atoms with E-state index in [0.29, 0.717) is 23.6 Å². The normalized spacial score (nSPS) is 18.3. The number of Topliss-reactive ketones (excluding diaryl/α,β-unsaturated/α-hetero) is 1. The fourth-order valence-corrected chi connectivity index (χ4v) is 6.78. The van der Waals surface area contributed by atoms with E-state index in [4.69, 9.17) is 11.6 Å². The molecule has 5 heteroatoms. The maximum absolute atomic E-state index is 14.8. The third-order valence-electron chi connectivity index (χ3n) is 8.26. The fraction of sp³-hybridized carbons (Fsp3) is 0.206. The maximum atomic E-state index is 14.8. The van der Waals surface area contributed by atoms with E-state index in [2.05, 4.69) is 67.8 Å². The van der Waals surface area contributed by atoms with Crippen molar-refractivity contribution in [2.24, 2.45) is 5.41 Å². The van der Waals surface area contributed by atoms with Crippen molar-refractivity contribution in [3.63, 3.8) is 0 Å². The number of para-hydroxylation sites is 1. The molecular weight excluding hydrogens is 507 g/mol. The number of hydrogen-bond donors (Lipinski definition) is 1. The van der Waals surface area contributed by atoms with Gasteiger partial charge in [-0.1, -0.05) is 80.0 Å². The molecule has 5 aromatic rings. The predicted molar refractivity (Wildman–Crippen MR) is 158 cm³/mol. The molecular formula is C34H28ClFN2O. The molecule has 0 saturated carbocycles. The Morgan fingerprint density at radius 3 is 2.54 bits per heavy atom. The van der Waals surface area contributed by atoms with Crippen molar-refractivity contribution < 1.29 is 9.18 Å². The van der Waals surface area contributed by atoms with Gasteiger partial charge < -0.3 is 9.88 Å². The van der Waals surface area contributed by atoms with Crippen molar-refractivity contribution in [2.45, 2.75) is 39.3 Å². The highest BCUT2D eigenvalue weighted by Crippen LogP contribution is 2.52. The Morgan fingerprint density at radius 2 is 1.72 bits per heavy atom. The number of nitrogens with one attached hydrogen (secondary N) is 1. The number of hydrogen-bond acceptors (Lipinski definition) is 2. The molecule has 2 aliphatic rings. The molecule has 1 aromatic heterocycles. The molecule has 1 atom stereocenters. The molecule has 0 unspecified atom stereocenters. The molecule has 0 amide bonds. The second-order valence-electron chi connectivity index (χ2n) is 11.5. The van der Waals surface area contributed by atoms with Crippen LogP contribution < -0.4 is 5.32 Å². The number of carbonyl (C=O) groups is 1. The third kappa shape index (κ3) is 3.89. The lowest BCUT2D eigenvalue weighted by Gasteiger charge is -2.40. The lowest BCUT2D eigenvalue weighted by Crippen LogP contribution is -2.33. The molecule has 0 saturated heterocycles. The highest BCUT2D eigenvalue weighted by Gasteiger charge is 2.41. The molecule has 194 valence electrons. The van der Waals surface area contributed by atoms with Gasteiger partial charge in [0, 0.05) is 56.5 Å². The lowest BCUT2D eigenvalue weighted by atomic mass is 9.68. The molecule has 0 bridgehead atoms. The van der Waals surface area contributed by atoms with Gasteiger partial charge in [0.25, 0.3) is 0 Å². The molecule has 3 nitrogen and oxygen atoms in total. The molecule has 0 radical (unpaired) electrons. The van der Waals surface area contributed by atoms with Crippen molar-refractivity contribution in [1.29, 1.82) is 0 Å². The quantitative estimate of drug-likeness (QED) is 0.250. The molecule has 0 fully saturated rings. The summed E-state index contributed by atoms with van der Waals surface area (Å²) >= 11 is 6.41. The summed E-state index contributed by atoms with van der Waals surface area (Å²) in [6.45, 7) is 4.66. The Morgan fingerprint density at radius 1 is 0.949 bits per heavy atom. The van der Waals surface area contributed by atoms with Gasteiger partial charge >= 0.3 is 0 Å². The first-order valence-corrected chi connectivity index (χ1v) is 13.7. The number of nitrogens with zero attached hydrogens (tertiary/aromatic N) is 1. The van der Waals surface area contributed by atoms with Gasteiger partial charge in [0.15, 0.2) is 5.78 Å². The van der Waals surface area contributed by atoms with Crippen molar-refractivity contribution in [3.05, 3.63) is 118 Å². The zero-order valence-electron chi connectivity index (χ0n) is 21.9. The fourth-order valence-electron chi connectivity index (χ4n) is 6.56. The number of fused-ring (bicyclic) bond motifs is 5. The molecule has 2 heterocycles. The lowest BCUT2D eigenvalue weighted by molar-refractivity contribution is -0.118. The Hall–Kier alpha value is -3.89. The summed E-state index contributed by atoms with van der Waals surface area (Å²) in [5.74, 6) is -0.139. The molecule has 1 aliphatic carbocycles. The number of benzene rings is 4. The average molecular weight is 535 g/mol. The van der Waals surface area contributed by atoms with Crippen molar-refractivity contribution in [3.8, 4) is 0 Å². The van der Waals surface area contributed by atoms with Crippen molar-refractivity contribution in [2.75, 3.05) is 5.32 Å². The van der Waals surface area contributed by atoms with Gasteiger partial charge in [-0.05, 0) is 52.4 Å². The topological polar surface area (TPSA) is 34.0 Å². The SMILES string of the molecule is CC1(C)CC(=O)C2=C(C1)c1c(ccc3ccccc13)N[C@H]2c1cn(Cc2c(F)cccc2Cl)c2ccccc12. The van der Waals surface area contributed by atoms with Crippen LogP contribution in [-0.2, 0) is 11.3 Å². The number of allylic oxidation sites excluding steroid dienone is 1. The number of halogens is 2. The summed E-state index contributed by atoms with van der Waals surface area (Å²) in [5.41, 5.74) is 6.49. The third-order valence-corrected chi connectivity index (χ3v) is 8.61. The number of rotatable bonds is 3. The molecule has 1 N–H and O–H groups in total. The van der Waals surface area contributed by atoms with E-state index < -0.39 is 0 Å². The van der Waals surface area contributed by atoms with Gasteiger partial charge in [-0.2, -0.15) is 0 Å². The van der Waals surface area contributed by atoms with Gasteiger partial charge in [-0.15, -0.1) is 0 Å². The van der Waals surface area contributed by atoms with Gasteiger partial charge in [-0.3, -0.25) is 4.79 Å². The number of carbonyl (C=O) groups excluding carboxylic acids is 1. The Balaban J connectivity index is 1.45. The van der Waals surface area contributed by atoms with E-state index in [-0.39, 0.29) is 23.1 Å². The summed E-state index contributed by atoms with van der Waals surface area (Å²) in [4.78, 5) is 13.9. The Bertz CT molecular complexity index is 1830. The Kier molecular flexibility index (Phi) is 5.47. The van der Waals surface area contributed by atoms with Crippen LogP contribution in [0, 0.1) is 11.2 Å². The number of ketones is 1. The summed E-state index contributed by atoms with van der Waals surface area (Å²) < 4.78 is 16.8. The van der Waals surface area contributed by atoms with E-state index in [9.17, 15) is 9.18 Å². The second kappa shape index (κ2) is 8.82. The van der Waals surface area contributed by atoms with Crippen LogP contribution in [0.1, 0.15) is 49.4 Å². The van der Waals surface area contributed by atoms with Crippen LogP contribution in [-0.4, -0.2) is 10.4 Å². The van der Waals surface area contributed by atoms with Gasteiger partial charge in [0.05, 0.1) is 12.6 Å². The molecule has 1 aliphatic heterocycles. The molecule has 0 spiro atoms. The zero-order valence-corrected chi connectivity index (χ0v) is 22.6. The van der Waals surface area contributed by atoms with Crippen molar-refractivity contribution in [1.82, 2.24) is 4.57 Å². The van der Waals surface area contributed by atoms with Crippen LogP contribution in [0.3, 0.4) is 0 Å². The van der Waals surface area contributed by atoms with Crippen LogP contribution in [0.2, 0.25) is 5.02 Å². The van der Waals surface area contributed by atoms with Crippen LogP contribution in [0.4, 0.5) is 10.1 Å².